The van der Waals surface area contributed by atoms with Crippen molar-refractivity contribution in [3.8, 4) is 5.75 Å². The molecule has 0 aromatic heterocycles. The van der Waals surface area contributed by atoms with Crippen LogP contribution in [0.1, 0.15) is 38.8 Å². The largest absolute Gasteiger partial charge is 0.497 e. The third-order valence-corrected chi connectivity index (χ3v) is 3.32. The van der Waals surface area contributed by atoms with E-state index >= 15 is 0 Å². The molecule has 0 fully saturated rings. The first-order valence-electron chi connectivity index (χ1n) is 6.41. The van der Waals surface area contributed by atoms with Crippen molar-refractivity contribution >= 4 is 0 Å². The highest BCUT2D eigenvalue weighted by molar-refractivity contribution is 5.30. The van der Waals surface area contributed by atoms with Gasteiger partial charge in [-0.05, 0) is 51.4 Å². The second-order valence-electron chi connectivity index (χ2n) is 5.17. The lowest BCUT2D eigenvalue weighted by Crippen LogP contribution is -2.30. The first-order chi connectivity index (χ1) is 8.48. The molecule has 3 heteroatoms. The minimum absolute atomic E-state index is 0.0684. The molecule has 0 aliphatic heterocycles. The van der Waals surface area contributed by atoms with Crippen molar-refractivity contribution in [2.45, 2.75) is 38.8 Å². The molecule has 0 amide bonds. The summed E-state index contributed by atoms with van der Waals surface area (Å²) in [5, 5.41) is 3.51. The molecule has 0 radical (unpaired) electrons. The zero-order chi connectivity index (χ0) is 13.6. The Bertz CT molecular complexity index is 363. The van der Waals surface area contributed by atoms with E-state index in [4.69, 9.17) is 9.47 Å². The SMILES string of the molecule is COc1cccc([C@H](C)NCCC(C)(C)OC)c1. The molecule has 1 N–H and O–H groups in total. The first kappa shape index (κ1) is 15.0. The maximum atomic E-state index is 5.40. The zero-order valence-corrected chi connectivity index (χ0v) is 12.1. The van der Waals surface area contributed by atoms with Gasteiger partial charge in [-0.2, -0.15) is 0 Å². The van der Waals surface area contributed by atoms with Crippen LogP contribution in [-0.4, -0.2) is 26.4 Å². The van der Waals surface area contributed by atoms with Crippen molar-refractivity contribution < 1.29 is 9.47 Å². The Hall–Kier alpha value is -1.06. The second kappa shape index (κ2) is 6.76. The van der Waals surface area contributed by atoms with Gasteiger partial charge in [0.05, 0.1) is 12.7 Å². The third kappa shape index (κ3) is 4.67. The van der Waals surface area contributed by atoms with Crippen molar-refractivity contribution in [1.29, 1.82) is 0 Å². The highest BCUT2D eigenvalue weighted by atomic mass is 16.5. The van der Waals surface area contributed by atoms with E-state index in [1.54, 1.807) is 14.2 Å². The molecule has 0 aliphatic rings. The average Bonchev–Trinajstić information content (AvgIpc) is 2.38. The van der Waals surface area contributed by atoms with Gasteiger partial charge in [0.15, 0.2) is 0 Å². The van der Waals surface area contributed by atoms with E-state index in [-0.39, 0.29) is 5.60 Å². The van der Waals surface area contributed by atoms with Gasteiger partial charge in [-0.15, -0.1) is 0 Å². The van der Waals surface area contributed by atoms with E-state index in [2.05, 4.69) is 38.2 Å². The van der Waals surface area contributed by atoms with Crippen LogP contribution in [0.3, 0.4) is 0 Å². The number of rotatable bonds is 7. The van der Waals surface area contributed by atoms with Crippen LogP contribution >= 0.6 is 0 Å². The number of nitrogens with one attached hydrogen (secondary N) is 1. The van der Waals surface area contributed by atoms with Crippen molar-refractivity contribution in [1.82, 2.24) is 5.32 Å². The first-order valence-corrected chi connectivity index (χ1v) is 6.41. The predicted molar refractivity (Wildman–Crippen MR) is 75.1 cm³/mol. The topological polar surface area (TPSA) is 30.5 Å². The van der Waals surface area contributed by atoms with E-state index < -0.39 is 0 Å². The van der Waals surface area contributed by atoms with Crippen LogP contribution in [0.25, 0.3) is 0 Å². The minimum Gasteiger partial charge on any atom is -0.497 e. The smallest absolute Gasteiger partial charge is 0.119 e. The number of hydrogen-bond acceptors (Lipinski definition) is 3. The highest BCUT2D eigenvalue weighted by Crippen LogP contribution is 2.19. The number of benzene rings is 1. The molecule has 1 aromatic rings. The summed E-state index contributed by atoms with van der Waals surface area (Å²) < 4.78 is 10.6. The number of hydrogen-bond donors (Lipinski definition) is 1. The molecule has 0 saturated heterocycles. The Balaban J connectivity index is 2.47. The van der Waals surface area contributed by atoms with Crippen LogP contribution in [0.4, 0.5) is 0 Å². The van der Waals surface area contributed by atoms with Crippen LogP contribution in [0, 0.1) is 0 Å². The monoisotopic (exact) mass is 251 g/mol. The molecule has 1 rings (SSSR count). The fraction of sp³-hybridized carbons (Fsp3) is 0.600. The molecule has 3 nitrogen and oxygen atoms in total. The fourth-order valence-corrected chi connectivity index (χ4v) is 1.72. The minimum atomic E-state index is -0.0684. The van der Waals surface area contributed by atoms with Crippen molar-refractivity contribution in [2.75, 3.05) is 20.8 Å². The predicted octanol–water partition coefficient (Wildman–Crippen LogP) is 3.16. The lowest BCUT2D eigenvalue weighted by Gasteiger charge is -2.24. The lowest BCUT2D eigenvalue weighted by atomic mass is 10.0. The van der Waals surface area contributed by atoms with Gasteiger partial charge < -0.3 is 14.8 Å². The zero-order valence-electron chi connectivity index (χ0n) is 12.1. The standard InChI is InChI=1S/C15H25NO2/c1-12(16-10-9-15(2,3)18-5)13-7-6-8-14(11-13)17-4/h6-8,11-12,16H,9-10H2,1-5H3/t12-/m0/s1. The molecule has 18 heavy (non-hydrogen) atoms. The Kier molecular flexibility index (Phi) is 5.63. The molecule has 0 heterocycles. The Labute approximate surface area is 110 Å². The van der Waals surface area contributed by atoms with Gasteiger partial charge in [0, 0.05) is 13.2 Å². The summed E-state index contributed by atoms with van der Waals surface area (Å²) in [5.41, 5.74) is 1.17. The molecule has 0 spiro atoms. The molecule has 0 saturated carbocycles. The van der Waals surface area contributed by atoms with Crippen LogP contribution in [0.5, 0.6) is 5.75 Å². The maximum Gasteiger partial charge on any atom is 0.119 e. The summed E-state index contributed by atoms with van der Waals surface area (Å²) >= 11 is 0. The lowest BCUT2D eigenvalue weighted by molar-refractivity contribution is 0.0154. The Morgan fingerprint density at radius 2 is 2.00 bits per heavy atom. The van der Waals surface area contributed by atoms with Gasteiger partial charge in [0.25, 0.3) is 0 Å². The molecule has 1 aromatic carbocycles. The summed E-state index contributed by atoms with van der Waals surface area (Å²) in [6, 6.07) is 8.48. The van der Waals surface area contributed by atoms with Gasteiger partial charge in [0.2, 0.25) is 0 Å². The van der Waals surface area contributed by atoms with Crippen molar-refractivity contribution in [3.05, 3.63) is 29.8 Å². The summed E-state index contributed by atoms with van der Waals surface area (Å²) in [5.74, 6) is 0.901. The van der Waals surface area contributed by atoms with Gasteiger partial charge in [-0.25, -0.2) is 0 Å². The Morgan fingerprint density at radius 3 is 2.61 bits per heavy atom. The summed E-state index contributed by atoms with van der Waals surface area (Å²) in [6.07, 6.45) is 0.984. The van der Waals surface area contributed by atoms with E-state index in [0.717, 1.165) is 18.7 Å². The van der Waals surface area contributed by atoms with E-state index in [1.165, 1.54) is 5.56 Å². The molecular formula is C15H25NO2. The quantitative estimate of drug-likeness (QED) is 0.807. The van der Waals surface area contributed by atoms with Crippen LogP contribution in [-0.2, 0) is 4.74 Å². The summed E-state index contributed by atoms with van der Waals surface area (Å²) in [4.78, 5) is 0. The van der Waals surface area contributed by atoms with Crippen molar-refractivity contribution in [3.63, 3.8) is 0 Å². The summed E-state index contributed by atoms with van der Waals surface area (Å²) in [7, 11) is 3.45. The van der Waals surface area contributed by atoms with Gasteiger partial charge in [-0.1, -0.05) is 12.1 Å². The summed E-state index contributed by atoms with van der Waals surface area (Å²) in [6.45, 7) is 7.30. The molecule has 0 aliphatic carbocycles. The second-order valence-corrected chi connectivity index (χ2v) is 5.17. The molecular weight excluding hydrogens is 226 g/mol. The van der Waals surface area contributed by atoms with Gasteiger partial charge >= 0.3 is 0 Å². The molecule has 0 bridgehead atoms. The van der Waals surface area contributed by atoms with Crippen molar-refractivity contribution in [2.24, 2.45) is 0 Å². The average molecular weight is 251 g/mol. The van der Waals surface area contributed by atoms with Crippen LogP contribution < -0.4 is 10.1 Å². The Morgan fingerprint density at radius 1 is 1.28 bits per heavy atom. The number of ether oxygens (including phenoxy) is 2. The fourth-order valence-electron chi connectivity index (χ4n) is 1.72. The van der Waals surface area contributed by atoms with Gasteiger partial charge in [-0.3, -0.25) is 0 Å². The van der Waals surface area contributed by atoms with E-state index in [9.17, 15) is 0 Å². The van der Waals surface area contributed by atoms with E-state index in [1.807, 2.05) is 12.1 Å². The molecule has 102 valence electrons. The van der Waals surface area contributed by atoms with E-state index in [0.29, 0.717) is 6.04 Å². The maximum absolute atomic E-state index is 5.40. The highest BCUT2D eigenvalue weighted by Gasteiger charge is 2.16. The van der Waals surface area contributed by atoms with Crippen LogP contribution in [0.2, 0.25) is 0 Å². The molecule has 1 atom stereocenters. The number of methoxy groups -OCH3 is 2. The van der Waals surface area contributed by atoms with Crippen LogP contribution in [0.15, 0.2) is 24.3 Å². The normalized spacial score (nSPS) is 13.4. The molecule has 0 unspecified atom stereocenters. The third-order valence-electron chi connectivity index (χ3n) is 3.32. The van der Waals surface area contributed by atoms with Gasteiger partial charge in [0.1, 0.15) is 5.75 Å².